The van der Waals surface area contributed by atoms with Gasteiger partial charge in [0.25, 0.3) is 13.4 Å². The molecule has 13 aromatic carbocycles. The summed E-state index contributed by atoms with van der Waals surface area (Å²) in [7, 11) is 0. The van der Waals surface area contributed by atoms with Crippen molar-refractivity contribution in [1.29, 1.82) is 0 Å². The molecule has 0 saturated carbocycles. The Labute approximate surface area is 504 Å². The van der Waals surface area contributed by atoms with Crippen LogP contribution in [0.5, 0.6) is 0 Å². The molecule has 0 unspecified atom stereocenters. The number of fused-ring (bicyclic) bond motifs is 10. The maximum atomic E-state index is 7.30. The Bertz CT molecular complexity index is 5010. The summed E-state index contributed by atoms with van der Waals surface area (Å²) >= 11 is 0. The third kappa shape index (κ3) is 6.85. The number of nitrogens with zero attached hydrogens (tertiary/aromatic N) is 6. The molecular weight excluding hydrogens is 1060 g/mol. The Morgan fingerprint density at radius 3 is 1.18 bits per heavy atom. The summed E-state index contributed by atoms with van der Waals surface area (Å²) in [4.78, 5) is 15.1. The monoisotopic (exact) mass is 1110 g/mol. The first-order valence-corrected chi connectivity index (χ1v) is 30.0. The van der Waals surface area contributed by atoms with E-state index in [0.29, 0.717) is 0 Å². The van der Waals surface area contributed by atoms with E-state index in [2.05, 4.69) is 333 Å². The van der Waals surface area contributed by atoms with Crippen molar-refractivity contribution in [1.82, 2.24) is 0 Å². The van der Waals surface area contributed by atoms with Crippen LogP contribution in [0.1, 0.15) is 0 Å². The van der Waals surface area contributed by atoms with Crippen molar-refractivity contribution in [2.75, 3.05) is 29.4 Å². The molecule has 404 valence electrons. The second-order valence-electron chi connectivity index (χ2n) is 23.2. The molecule has 0 spiro atoms. The highest BCUT2D eigenvalue weighted by atomic mass is 16.3. The summed E-state index contributed by atoms with van der Waals surface area (Å²) in [5, 5.41) is 2.20. The van der Waals surface area contributed by atoms with Crippen LogP contribution in [0.15, 0.2) is 308 Å². The van der Waals surface area contributed by atoms with Gasteiger partial charge >= 0.3 is 0 Å². The van der Waals surface area contributed by atoms with Crippen LogP contribution >= 0.6 is 0 Å². The summed E-state index contributed by atoms with van der Waals surface area (Å²) in [5.74, 6) is 0. The maximum absolute atomic E-state index is 7.30. The van der Waals surface area contributed by atoms with Crippen LogP contribution in [0.3, 0.4) is 0 Å². The van der Waals surface area contributed by atoms with Crippen molar-refractivity contribution in [2.24, 2.45) is 0 Å². The number of hydrogen-bond acceptors (Lipinski definition) is 7. The lowest BCUT2D eigenvalue weighted by Crippen LogP contribution is -2.69. The van der Waals surface area contributed by atoms with Gasteiger partial charge in [-0.3, -0.25) is 0 Å². The van der Waals surface area contributed by atoms with Gasteiger partial charge in [0.1, 0.15) is 11.3 Å². The van der Waals surface area contributed by atoms with E-state index in [1.807, 2.05) is 0 Å². The first-order chi connectivity index (χ1) is 43.2. The van der Waals surface area contributed by atoms with Crippen LogP contribution in [-0.4, -0.2) is 13.4 Å². The first kappa shape index (κ1) is 48.0. The first-order valence-electron chi connectivity index (χ1n) is 30.0. The van der Waals surface area contributed by atoms with Crippen molar-refractivity contribution in [3.05, 3.63) is 303 Å². The van der Waals surface area contributed by atoms with E-state index in [-0.39, 0.29) is 13.4 Å². The Hall–Kier alpha value is -11.4. The Balaban J connectivity index is 0.972. The second kappa shape index (κ2) is 18.5. The van der Waals surface area contributed by atoms with Crippen LogP contribution < -0.4 is 62.2 Å². The zero-order chi connectivity index (χ0) is 56.8. The lowest BCUT2D eigenvalue weighted by atomic mass is 9.28. The molecule has 0 saturated heterocycles. The van der Waals surface area contributed by atoms with Crippen molar-refractivity contribution >= 4 is 171 Å². The predicted octanol–water partition coefficient (Wildman–Crippen LogP) is 17.0. The lowest BCUT2D eigenvalue weighted by molar-refractivity contribution is 0.669. The van der Waals surface area contributed by atoms with Crippen LogP contribution in [0.2, 0.25) is 0 Å². The fraction of sp³-hybridized carbons (Fsp3) is 0. The number of para-hydroxylation sites is 9. The van der Waals surface area contributed by atoms with Crippen molar-refractivity contribution in [3.63, 3.8) is 0 Å². The van der Waals surface area contributed by atoms with Gasteiger partial charge in [0, 0.05) is 90.4 Å². The third-order valence-electron chi connectivity index (χ3n) is 18.6. The highest BCUT2D eigenvalue weighted by Crippen LogP contribution is 2.60. The quantitative estimate of drug-likeness (QED) is 0.133. The van der Waals surface area contributed by atoms with Crippen LogP contribution in [0, 0.1) is 0 Å². The van der Waals surface area contributed by atoms with Gasteiger partial charge < -0.3 is 33.8 Å². The molecule has 87 heavy (non-hydrogen) atoms. The zero-order valence-corrected chi connectivity index (χ0v) is 47.1. The summed E-state index contributed by atoms with van der Waals surface area (Å²) < 4.78 is 7.30. The molecule has 0 amide bonds. The Morgan fingerprint density at radius 2 is 0.690 bits per heavy atom. The number of furan rings is 1. The fourth-order valence-electron chi connectivity index (χ4n) is 15.2. The highest BCUT2D eigenvalue weighted by Gasteiger charge is 2.55. The van der Waals surface area contributed by atoms with E-state index >= 15 is 0 Å². The van der Waals surface area contributed by atoms with Gasteiger partial charge in [0.05, 0.1) is 17.1 Å². The average Bonchev–Trinajstić information content (AvgIpc) is 1.25. The standard InChI is InChI=1S/C78H50B2N6O/c1-8-25-51(26-9-1)81(52-27-10-2-11-28-52)58-43-45-62-67(47-58)83(55-33-16-5-17-34-55)69-50-70-73-76-72(69)79(62)64-40-24-41-66-74(64)86(76)75-65(49-61-60-39-22-23-42-71(60)87-78(61)77(75)85(66)57-37-20-7-21-38-57)80(73)63-46-44-59(48-68(63)84(70)56-35-18-6-19-36-56)82(53-29-12-3-13-30-53)54-31-14-4-15-32-54/h1-50H. The SMILES string of the molecule is c1ccc(N(c2ccccc2)c2ccc3c(c2)N(c2ccccc2)c2cc4c5c6c2B3c2cccc3c2N6c2c(cc6c(oc7ccccc76)c2N3c2ccccc2)B5c2ccc(N(c3ccccc3)c3ccccc3)cc2N4c2ccccc2)cc1. The Morgan fingerprint density at radius 1 is 0.253 bits per heavy atom. The molecule has 0 radical (unpaired) electrons. The van der Waals surface area contributed by atoms with Gasteiger partial charge in [-0.15, -0.1) is 0 Å². The molecule has 6 heterocycles. The van der Waals surface area contributed by atoms with E-state index < -0.39 is 0 Å². The zero-order valence-electron chi connectivity index (χ0n) is 47.1. The minimum Gasteiger partial charge on any atom is -0.454 e. The van der Waals surface area contributed by atoms with Gasteiger partial charge in [-0.1, -0.05) is 176 Å². The molecule has 5 aliphatic heterocycles. The molecule has 0 N–H and O–H groups in total. The van der Waals surface area contributed by atoms with E-state index in [1.165, 1.54) is 44.2 Å². The van der Waals surface area contributed by atoms with Crippen LogP contribution in [-0.2, 0) is 0 Å². The molecule has 14 aromatic rings. The molecule has 1 aromatic heterocycles. The van der Waals surface area contributed by atoms with E-state index in [4.69, 9.17) is 4.42 Å². The maximum Gasteiger partial charge on any atom is 0.252 e. The molecule has 0 fully saturated rings. The lowest BCUT2D eigenvalue weighted by Gasteiger charge is -2.54. The predicted molar refractivity (Wildman–Crippen MR) is 365 cm³/mol. The number of benzene rings is 13. The second-order valence-corrected chi connectivity index (χ2v) is 23.2. The fourth-order valence-corrected chi connectivity index (χ4v) is 15.2. The molecule has 0 atom stereocenters. The molecule has 19 rings (SSSR count). The normalized spacial score (nSPS) is 13.4. The van der Waals surface area contributed by atoms with Crippen molar-refractivity contribution < 1.29 is 4.42 Å². The molecule has 0 aliphatic carbocycles. The van der Waals surface area contributed by atoms with Crippen LogP contribution in [0.25, 0.3) is 21.9 Å². The number of anilines is 18. The van der Waals surface area contributed by atoms with Gasteiger partial charge in [-0.25, -0.2) is 0 Å². The van der Waals surface area contributed by atoms with Gasteiger partial charge in [0.15, 0.2) is 5.58 Å². The summed E-state index contributed by atoms with van der Waals surface area (Å²) in [5.41, 5.74) is 29.3. The average molecular weight is 1110 g/mol. The third-order valence-corrected chi connectivity index (χ3v) is 18.6. The summed E-state index contributed by atoms with van der Waals surface area (Å²) in [6, 6.07) is 111. The van der Waals surface area contributed by atoms with Crippen molar-refractivity contribution in [3.8, 4) is 0 Å². The minimum absolute atomic E-state index is 0.159. The topological polar surface area (TPSA) is 32.6 Å². The van der Waals surface area contributed by atoms with Gasteiger partial charge in [0.2, 0.25) is 0 Å². The number of hydrogen-bond donors (Lipinski definition) is 0. The Kier molecular flexibility index (Phi) is 10.2. The molecular formula is C78H50B2N6O. The molecule has 9 heteroatoms. The summed E-state index contributed by atoms with van der Waals surface area (Å²) in [6.07, 6.45) is 0. The minimum atomic E-state index is -0.210. The van der Waals surface area contributed by atoms with E-state index in [1.54, 1.807) is 0 Å². The van der Waals surface area contributed by atoms with Crippen molar-refractivity contribution in [2.45, 2.75) is 0 Å². The molecule has 7 nitrogen and oxygen atoms in total. The van der Waals surface area contributed by atoms with Gasteiger partial charge in [-0.05, 0) is 160 Å². The van der Waals surface area contributed by atoms with Crippen LogP contribution in [0.4, 0.5) is 102 Å². The summed E-state index contributed by atoms with van der Waals surface area (Å²) in [6.45, 7) is -0.369. The molecule has 0 bridgehead atoms. The number of rotatable bonds is 9. The highest BCUT2D eigenvalue weighted by molar-refractivity contribution is 7.05. The molecule has 5 aliphatic rings. The van der Waals surface area contributed by atoms with Gasteiger partial charge in [-0.2, -0.15) is 0 Å². The van der Waals surface area contributed by atoms with E-state index in [0.717, 1.165) is 113 Å². The largest absolute Gasteiger partial charge is 0.454 e. The van der Waals surface area contributed by atoms with E-state index in [9.17, 15) is 0 Å². The smallest absolute Gasteiger partial charge is 0.252 e.